The summed E-state index contributed by atoms with van der Waals surface area (Å²) in [7, 11) is 0. The summed E-state index contributed by atoms with van der Waals surface area (Å²) in [4.78, 5) is 12.6. The Hall–Kier alpha value is -3.09. The number of fused-ring (bicyclic) bond motifs is 3. The lowest BCUT2D eigenvalue weighted by Crippen LogP contribution is -2.44. The predicted molar refractivity (Wildman–Crippen MR) is 109 cm³/mol. The van der Waals surface area contributed by atoms with E-state index in [1.807, 2.05) is 37.3 Å². The van der Waals surface area contributed by atoms with Gasteiger partial charge in [0.25, 0.3) is 5.91 Å². The van der Waals surface area contributed by atoms with E-state index in [2.05, 4.69) is 12.2 Å². The van der Waals surface area contributed by atoms with Crippen LogP contribution in [0.2, 0.25) is 0 Å². The standard InChI is InChI=1S/C22H23N3O3/c1-12-10-17(26)18(15-7-5-14(6-8-15)13(2)11-23)19-16-4-3-9-25(28)21(16)22(27)24-20(12)19/h3-10,13,21,26,28H,11,23H2,1-2H3,(H,24,27). The molecule has 2 heterocycles. The van der Waals surface area contributed by atoms with Gasteiger partial charge in [-0.2, -0.15) is 0 Å². The Bertz CT molecular complexity index is 1010. The first-order valence-corrected chi connectivity index (χ1v) is 9.26. The molecule has 1 amide bonds. The highest BCUT2D eigenvalue weighted by atomic mass is 16.5. The van der Waals surface area contributed by atoms with Crippen LogP contribution >= 0.6 is 0 Å². The summed E-state index contributed by atoms with van der Waals surface area (Å²) in [6.07, 6.45) is 4.93. The van der Waals surface area contributed by atoms with E-state index in [9.17, 15) is 15.1 Å². The number of aromatic hydroxyl groups is 1. The monoisotopic (exact) mass is 377 g/mol. The number of allylic oxidation sites excluding steroid dienone is 2. The maximum atomic E-state index is 12.6. The summed E-state index contributed by atoms with van der Waals surface area (Å²) in [5, 5.41) is 24.8. The van der Waals surface area contributed by atoms with Crippen molar-refractivity contribution in [1.82, 2.24) is 5.06 Å². The molecule has 0 saturated heterocycles. The number of nitrogens with zero attached hydrogens (tertiary/aromatic N) is 1. The summed E-state index contributed by atoms with van der Waals surface area (Å²) < 4.78 is 0. The first-order valence-electron chi connectivity index (χ1n) is 9.26. The zero-order chi connectivity index (χ0) is 20.0. The van der Waals surface area contributed by atoms with Crippen molar-refractivity contribution in [1.29, 1.82) is 0 Å². The van der Waals surface area contributed by atoms with Crippen molar-refractivity contribution < 1.29 is 15.1 Å². The second-order valence-corrected chi connectivity index (χ2v) is 7.33. The summed E-state index contributed by atoms with van der Waals surface area (Å²) in [5.74, 6) is 0.0653. The summed E-state index contributed by atoms with van der Waals surface area (Å²) >= 11 is 0. The van der Waals surface area contributed by atoms with Gasteiger partial charge in [0.2, 0.25) is 0 Å². The van der Waals surface area contributed by atoms with Gasteiger partial charge in [0.15, 0.2) is 6.04 Å². The third kappa shape index (κ3) is 2.78. The molecule has 144 valence electrons. The Morgan fingerprint density at radius 2 is 1.96 bits per heavy atom. The van der Waals surface area contributed by atoms with E-state index >= 15 is 0 Å². The molecule has 0 spiro atoms. The van der Waals surface area contributed by atoms with E-state index in [4.69, 9.17) is 5.73 Å². The maximum absolute atomic E-state index is 12.6. The highest BCUT2D eigenvalue weighted by Gasteiger charge is 2.38. The van der Waals surface area contributed by atoms with Crippen LogP contribution in [0.1, 0.15) is 29.5 Å². The molecule has 5 N–H and O–H groups in total. The number of phenols is 1. The van der Waals surface area contributed by atoms with Crippen molar-refractivity contribution >= 4 is 17.2 Å². The molecule has 0 fully saturated rings. The Morgan fingerprint density at radius 1 is 1.25 bits per heavy atom. The van der Waals surface area contributed by atoms with Gasteiger partial charge < -0.3 is 16.2 Å². The molecule has 2 aromatic carbocycles. The number of aryl methyl sites for hydroxylation is 1. The van der Waals surface area contributed by atoms with Crippen molar-refractivity contribution in [2.45, 2.75) is 25.8 Å². The zero-order valence-electron chi connectivity index (χ0n) is 15.8. The van der Waals surface area contributed by atoms with Gasteiger partial charge in [0.1, 0.15) is 5.75 Å². The molecule has 0 radical (unpaired) electrons. The Morgan fingerprint density at radius 3 is 2.64 bits per heavy atom. The zero-order valence-corrected chi connectivity index (χ0v) is 15.8. The number of carbonyl (C=O) groups is 1. The molecule has 0 saturated carbocycles. The number of benzene rings is 2. The molecular formula is C22H23N3O3. The van der Waals surface area contributed by atoms with E-state index in [0.717, 1.165) is 27.3 Å². The molecule has 4 rings (SSSR count). The summed E-state index contributed by atoms with van der Waals surface area (Å²) in [5.41, 5.74) is 11.1. The van der Waals surface area contributed by atoms with Crippen LogP contribution in [0.5, 0.6) is 5.75 Å². The minimum atomic E-state index is -0.853. The number of nitrogens with one attached hydrogen (secondary N) is 1. The first-order chi connectivity index (χ1) is 13.4. The minimum Gasteiger partial charge on any atom is -0.507 e. The van der Waals surface area contributed by atoms with Gasteiger partial charge in [0.05, 0.1) is 5.69 Å². The highest BCUT2D eigenvalue weighted by Crippen LogP contribution is 2.47. The molecule has 2 atom stereocenters. The average Bonchev–Trinajstić information content (AvgIpc) is 2.68. The van der Waals surface area contributed by atoms with E-state index < -0.39 is 6.04 Å². The van der Waals surface area contributed by atoms with Crippen molar-refractivity contribution in [2.24, 2.45) is 5.73 Å². The average molecular weight is 377 g/mol. The normalized spacial score (nSPS) is 18.9. The highest BCUT2D eigenvalue weighted by molar-refractivity contribution is 6.14. The van der Waals surface area contributed by atoms with Gasteiger partial charge >= 0.3 is 0 Å². The summed E-state index contributed by atoms with van der Waals surface area (Å²) in [6, 6.07) is 8.71. The van der Waals surface area contributed by atoms with Gasteiger partial charge in [-0.1, -0.05) is 37.3 Å². The number of hydrogen-bond acceptors (Lipinski definition) is 5. The molecule has 0 bridgehead atoms. The van der Waals surface area contributed by atoms with Crippen LogP contribution in [0.4, 0.5) is 5.69 Å². The van der Waals surface area contributed by atoms with Gasteiger partial charge in [-0.05, 0) is 53.8 Å². The van der Waals surface area contributed by atoms with Crippen LogP contribution in [0, 0.1) is 6.92 Å². The molecule has 28 heavy (non-hydrogen) atoms. The van der Waals surface area contributed by atoms with Crippen molar-refractivity contribution in [2.75, 3.05) is 11.9 Å². The lowest BCUT2D eigenvalue weighted by atomic mass is 9.83. The van der Waals surface area contributed by atoms with Crippen LogP contribution in [0.3, 0.4) is 0 Å². The second-order valence-electron chi connectivity index (χ2n) is 7.33. The SMILES string of the molecule is Cc1cc(O)c(-c2ccc(C(C)CN)cc2)c2c1NC(=O)C1C2=CC=CN1O. The van der Waals surface area contributed by atoms with Crippen LogP contribution in [-0.4, -0.2) is 33.9 Å². The van der Waals surface area contributed by atoms with E-state index in [0.29, 0.717) is 23.4 Å². The fourth-order valence-corrected chi connectivity index (χ4v) is 3.88. The third-order valence-electron chi connectivity index (χ3n) is 5.48. The lowest BCUT2D eigenvalue weighted by molar-refractivity contribution is -0.131. The van der Waals surface area contributed by atoms with Crippen molar-refractivity contribution in [3.8, 4) is 16.9 Å². The van der Waals surface area contributed by atoms with Gasteiger partial charge in [-0.15, -0.1) is 0 Å². The number of phenolic OH excluding ortho intramolecular Hbond substituents is 1. The Kier molecular flexibility index (Phi) is 4.45. The molecule has 0 aromatic heterocycles. The van der Waals surface area contributed by atoms with Crippen LogP contribution in [0.15, 0.2) is 48.7 Å². The van der Waals surface area contributed by atoms with Crippen molar-refractivity contribution in [3.63, 3.8) is 0 Å². The van der Waals surface area contributed by atoms with E-state index in [1.165, 1.54) is 6.20 Å². The molecular weight excluding hydrogens is 354 g/mol. The third-order valence-corrected chi connectivity index (χ3v) is 5.48. The molecule has 2 aliphatic rings. The van der Waals surface area contributed by atoms with E-state index in [-0.39, 0.29) is 17.6 Å². The van der Waals surface area contributed by atoms with Gasteiger partial charge in [-0.3, -0.25) is 10.0 Å². The molecule has 6 heteroatoms. The first kappa shape index (κ1) is 18.3. The Balaban J connectivity index is 1.93. The topological polar surface area (TPSA) is 98.8 Å². The van der Waals surface area contributed by atoms with Gasteiger partial charge in [0, 0.05) is 17.3 Å². The number of nitrogens with two attached hydrogens (primary N) is 1. The van der Waals surface area contributed by atoms with Crippen LogP contribution in [-0.2, 0) is 4.79 Å². The molecule has 2 unspecified atom stereocenters. The maximum Gasteiger partial charge on any atom is 0.254 e. The number of anilines is 1. The number of hydroxylamine groups is 2. The fourth-order valence-electron chi connectivity index (χ4n) is 3.88. The lowest BCUT2D eigenvalue weighted by Gasteiger charge is -2.35. The summed E-state index contributed by atoms with van der Waals surface area (Å²) in [6.45, 7) is 4.46. The van der Waals surface area contributed by atoms with Crippen LogP contribution < -0.4 is 11.1 Å². The second kappa shape index (κ2) is 6.82. The number of carbonyl (C=O) groups excluding carboxylic acids is 1. The molecule has 2 aliphatic heterocycles. The quantitative estimate of drug-likeness (QED) is 0.615. The molecule has 6 nitrogen and oxygen atoms in total. The van der Waals surface area contributed by atoms with Gasteiger partial charge in [-0.25, -0.2) is 5.06 Å². The van der Waals surface area contributed by atoms with E-state index in [1.54, 1.807) is 12.1 Å². The largest absolute Gasteiger partial charge is 0.507 e. The number of amides is 1. The fraction of sp³-hybridized carbons (Fsp3) is 0.227. The number of hydrogen-bond donors (Lipinski definition) is 4. The molecule has 2 aromatic rings. The number of rotatable bonds is 3. The minimum absolute atomic E-state index is 0.130. The Labute approximate surface area is 163 Å². The smallest absolute Gasteiger partial charge is 0.254 e. The van der Waals surface area contributed by atoms with Crippen molar-refractivity contribution in [3.05, 3.63) is 65.4 Å². The van der Waals surface area contributed by atoms with Crippen LogP contribution in [0.25, 0.3) is 16.7 Å². The predicted octanol–water partition coefficient (Wildman–Crippen LogP) is 3.35. The molecule has 0 aliphatic carbocycles.